The fourth-order valence-electron chi connectivity index (χ4n) is 13.2. The van der Waals surface area contributed by atoms with Gasteiger partial charge in [-0.3, -0.25) is 0 Å². The number of benzene rings is 11. The number of para-hydroxylation sites is 4. The maximum Gasteiger partial charge on any atom is 0.252 e. The number of rotatable bonds is 6. The van der Waals surface area contributed by atoms with Crippen LogP contribution >= 0.6 is 0 Å². The van der Waals surface area contributed by atoms with Crippen molar-refractivity contribution in [3.8, 4) is 44.5 Å². The summed E-state index contributed by atoms with van der Waals surface area (Å²) in [5, 5.41) is 4.45. The van der Waals surface area contributed by atoms with E-state index in [2.05, 4.69) is 276 Å². The first-order chi connectivity index (χ1) is 38.5. The van der Waals surface area contributed by atoms with Crippen molar-refractivity contribution >= 4 is 101 Å². The molecule has 2 aliphatic heterocycles. The molecule has 378 valence electrons. The highest BCUT2D eigenvalue weighted by molar-refractivity contribution is 7.00. The smallest absolute Gasteiger partial charge is 0.252 e. The zero-order chi connectivity index (χ0) is 53.3. The molecule has 0 fully saturated rings. The zero-order valence-electron chi connectivity index (χ0n) is 45.3. The molecule has 0 N–H and O–H groups in total. The Kier molecular flexibility index (Phi) is 10.5. The van der Waals surface area contributed by atoms with Crippen molar-refractivity contribution in [1.82, 2.24) is 0 Å². The Morgan fingerprint density at radius 3 is 1.10 bits per heavy atom. The minimum atomic E-state index is -0.131. The van der Waals surface area contributed by atoms with Gasteiger partial charge in [-0.2, -0.15) is 0 Å². The predicted octanol–water partition coefficient (Wildman–Crippen LogP) is 18.8. The molecule has 4 nitrogen and oxygen atoms in total. The molecule has 0 spiro atoms. The van der Waals surface area contributed by atoms with Gasteiger partial charge in [0.1, 0.15) is 22.3 Å². The van der Waals surface area contributed by atoms with Crippen LogP contribution in [0, 0.1) is 0 Å². The topological polar surface area (TPSA) is 32.8 Å². The van der Waals surface area contributed by atoms with E-state index in [0.717, 1.165) is 100 Å². The van der Waals surface area contributed by atoms with Crippen molar-refractivity contribution in [2.75, 3.05) is 9.80 Å². The van der Waals surface area contributed by atoms with Crippen molar-refractivity contribution in [3.05, 3.63) is 248 Å². The van der Waals surface area contributed by atoms with Crippen LogP contribution in [0.2, 0.25) is 0 Å². The number of hydrogen-bond acceptors (Lipinski definition) is 4. The van der Waals surface area contributed by atoms with E-state index in [1.807, 2.05) is 12.1 Å². The summed E-state index contributed by atoms with van der Waals surface area (Å²) in [5.41, 5.74) is 26.2. The van der Waals surface area contributed by atoms with Crippen LogP contribution in [0.3, 0.4) is 0 Å². The molecule has 13 aromatic rings. The second kappa shape index (κ2) is 17.6. The summed E-state index contributed by atoms with van der Waals surface area (Å²) >= 11 is 0. The van der Waals surface area contributed by atoms with E-state index in [9.17, 15) is 0 Å². The first-order valence-corrected chi connectivity index (χ1v) is 27.7. The Labute approximate surface area is 461 Å². The normalized spacial score (nSPS) is 13.1. The molecule has 0 atom stereocenters. The maximum atomic E-state index is 6.39. The van der Waals surface area contributed by atoms with Gasteiger partial charge < -0.3 is 18.6 Å². The first-order valence-electron chi connectivity index (χ1n) is 27.7. The number of fused-ring (bicyclic) bond motifs is 10. The largest absolute Gasteiger partial charge is 0.456 e. The SMILES string of the molecule is CC(C)(C)c1ccccc1-c1ccc2c(c1)B1c3cc(-c4ccccc4C(C)(C)C)ccc3N(c3ccccc3-c3ccc4oc5ccccc5c4c3)c3cccc(c31)N2c1ccccc1-c1ccc2oc3ccccc3c2c1. The summed E-state index contributed by atoms with van der Waals surface area (Å²) in [6, 6.07) is 87.5. The molecule has 79 heavy (non-hydrogen) atoms. The van der Waals surface area contributed by atoms with Crippen LogP contribution < -0.4 is 26.2 Å². The van der Waals surface area contributed by atoms with Gasteiger partial charge in [-0.15, -0.1) is 0 Å². The quantitative estimate of drug-likeness (QED) is 0.155. The molecule has 0 unspecified atom stereocenters. The average Bonchev–Trinajstić information content (AvgIpc) is 4.24. The van der Waals surface area contributed by atoms with Gasteiger partial charge in [-0.25, -0.2) is 0 Å². The lowest BCUT2D eigenvalue weighted by atomic mass is 9.33. The number of hydrogen-bond donors (Lipinski definition) is 0. The van der Waals surface area contributed by atoms with Gasteiger partial charge in [-0.05, 0) is 145 Å². The lowest BCUT2D eigenvalue weighted by Gasteiger charge is -2.45. The fourth-order valence-corrected chi connectivity index (χ4v) is 13.2. The van der Waals surface area contributed by atoms with Gasteiger partial charge in [0.2, 0.25) is 0 Å². The summed E-state index contributed by atoms with van der Waals surface area (Å²) in [6.45, 7) is 13.8. The molecule has 4 heterocycles. The molecule has 2 aliphatic rings. The summed E-state index contributed by atoms with van der Waals surface area (Å²) < 4.78 is 12.8. The van der Waals surface area contributed by atoms with Gasteiger partial charge >= 0.3 is 0 Å². The van der Waals surface area contributed by atoms with Gasteiger partial charge in [-0.1, -0.05) is 205 Å². The molecule has 11 aromatic carbocycles. The van der Waals surface area contributed by atoms with E-state index in [0.29, 0.717) is 0 Å². The van der Waals surface area contributed by atoms with Crippen LogP contribution in [0.25, 0.3) is 88.4 Å². The van der Waals surface area contributed by atoms with Crippen molar-refractivity contribution in [2.45, 2.75) is 52.4 Å². The van der Waals surface area contributed by atoms with Gasteiger partial charge in [0, 0.05) is 55.4 Å². The van der Waals surface area contributed by atoms with Gasteiger partial charge in [0.05, 0.1) is 11.4 Å². The molecular formula is C74H57BN2O2. The van der Waals surface area contributed by atoms with Crippen molar-refractivity contribution in [1.29, 1.82) is 0 Å². The third-order valence-corrected chi connectivity index (χ3v) is 16.7. The molecule has 5 heteroatoms. The highest BCUT2D eigenvalue weighted by Crippen LogP contribution is 2.50. The second-order valence-corrected chi connectivity index (χ2v) is 23.6. The van der Waals surface area contributed by atoms with Crippen LogP contribution in [-0.4, -0.2) is 6.71 Å². The Hall–Kier alpha value is -9.32. The summed E-state index contributed by atoms with van der Waals surface area (Å²) in [6.07, 6.45) is 0. The molecular weight excluding hydrogens is 960 g/mol. The third kappa shape index (κ3) is 7.43. The van der Waals surface area contributed by atoms with Crippen LogP contribution in [0.1, 0.15) is 52.7 Å². The van der Waals surface area contributed by atoms with E-state index in [1.54, 1.807) is 0 Å². The Morgan fingerprint density at radius 1 is 0.291 bits per heavy atom. The number of nitrogens with zero attached hydrogens (tertiary/aromatic N) is 2. The highest BCUT2D eigenvalue weighted by atomic mass is 16.3. The molecule has 2 aromatic heterocycles. The third-order valence-electron chi connectivity index (χ3n) is 16.7. The van der Waals surface area contributed by atoms with Crippen molar-refractivity contribution in [3.63, 3.8) is 0 Å². The van der Waals surface area contributed by atoms with Crippen molar-refractivity contribution < 1.29 is 8.83 Å². The average molecular weight is 1020 g/mol. The van der Waals surface area contributed by atoms with Crippen LogP contribution in [0.15, 0.2) is 245 Å². The summed E-state index contributed by atoms with van der Waals surface area (Å²) in [7, 11) is 0. The molecule has 15 rings (SSSR count). The van der Waals surface area contributed by atoms with Crippen LogP contribution in [0.4, 0.5) is 34.1 Å². The molecule has 0 bridgehead atoms. The van der Waals surface area contributed by atoms with E-state index in [4.69, 9.17) is 8.83 Å². The Balaban J connectivity index is 1.02. The number of furan rings is 2. The molecule has 0 saturated heterocycles. The van der Waals surface area contributed by atoms with E-state index < -0.39 is 0 Å². The second-order valence-electron chi connectivity index (χ2n) is 23.6. The standard InChI is InChI=1S/C74H57BN2O2/c1-73(2,3)58-26-13-7-20-50(58)48-34-38-64-60(44-48)75-61-45-49(51-21-8-14-27-59(51)74(4,5)6)35-39-65(61)77(63-29-16-10-23-53(63)47-37-41-71-57(43-47)55-25-12-18-33-69(55)79-71)67-31-19-30-66(72(67)75)76(64)62-28-15-9-22-52(62)46-36-40-70-56(42-46)54-24-11-17-32-68(54)78-70/h7-45H,1-6H3. The molecule has 0 saturated carbocycles. The van der Waals surface area contributed by atoms with E-state index in [-0.39, 0.29) is 17.5 Å². The van der Waals surface area contributed by atoms with E-state index in [1.165, 1.54) is 49.8 Å². The Morgan fingerprint density at radius 2 is 0.646 bits per heavy atom. The Bertz CT molecular complexity index is 4330. The molecule has 0 aliphatic carbocycles. The lowest BCUT2D eigenvalue weighted by molar-refractivity contribution is 0.591. The van der Waals surface area contributed by atoms with Crippen LogP contribution in [-0.2, 0) is 10.8 Å². The zero-order valence-corrected chi connectivity index (χ0v) is 45.3. The fraction of sp³-hybridized carbons (Fsp3) is 0.108. The number of anilines is 6. The summed E-state index contributed by atoms with van der Waals surface area (Å²) in [5.74, 6) is 0. The first kappa shape index (κ1) is 46.9. The van der Waals surface area contributed by atoms with Gasteiger partial charge in [0.25, 0.3) is 6.71 Å². The monoisotopic (exact) mass is 1020 g/mol. The van der Waals surface area contributed by atoms with Gasteiger partial charge in [0.15, 0.2) is 0 Å². The maximum absolute atomic E-state index is 6.39. The molecule has 0 radical (unpaired) electrons. The molecule has 0 amide bonds. The summed E-state index contributed by atoms with van der Waals surface area (Å²) in [4.78, 5) is 5.12. The minimum Gasteiger partial charge on any atom is -0.456 e. The predicted molar refractivity (Wildman–Crippen MR) is 334 cm³/mol. The van der Waals surface area contributed by atoms with Crippen LogP contribution in [0.5, 0.6) is 0 Å². The highest BCUT2D eigenvalue weighted by Gasteiger charge is 2.44. The minimum absolute atomic E-state index is 0.0748. The van der Waals surface area contributed by atoms with E-state index >= 15 is 0 Å². The van der Waals surface area contributed by atoms with Crippen molar-refractivity contribution in [2.24, 2.45) is 0 Å². The lowest BCUT2D eigenvalue weighted by Crippen LogP contribution is -2.61.